The van der Waals surface area contributed by atoms with Crippen molar-refractivity contribution < 1.29 is 27.4 Å². The van der Waals surface area contributed by atoms with Crippen LogP contribution in [0.25, 0.3) is 0 Å². The second-order valence-corrected chi connectivity index (χ2v) is 6.94. The zero-order valence-corrected chi connectivity index (χ0v) is 15.6. The first-order valence-corrected chi connectivity index (χ1v) is 8.27. The topological polar surface area (TPSA) is 60.5 Å². The highest BCUT2D eigenvalue weighted by Gasteiger charge is 2.37. The Hall–Kier alpha value is -2.48. The van der Waals surface area contributed by atoms with Crippen LogP contribution in [0.2, 0.25) is 5.02 Å². The molecule has 0 atom stereocenters. The number of carbonyl (C=O) groups is 1. The number of hydrogen-bond donors (Lipinski definition) is 1. The maximum atomic E-state index is 13.3. The van der Waals surface area contributed by atoms with E-state index in [0.717, 1.165) is 5.56 Å². The van der Waals surface area contributed by atoms with Gasteiger partial charge in [0.25, 0.3) is 0 Å². The Morgan fingerprint density at radius 2 is 1.81 bits per heavy atom. The summed E-state index contributed by atoms with van der Waals surface area (Å²) in [6, 6.07) is 8.94. The molecule has 0 aliphatic rings. The third-order valence-electron chi connectivity index (χ3n) is 3.14. The Morgan fingerprint density at radius 3 is 2.37 bits per heavy atom. The lowest BCUT2D eigenvalue weighted by Crippen LogP contribution is -2.28. The van der Waals surface area contributed by atoms with Crippen molar-refractivity contribution in [2.24, 2.45) is 0 Å². The van der Waals surface area contributed by atoms with Crippen molar-refractivity contribution in [3.05, 3.63) is 52.7 Å². The first-order chi connectivity index (χ1) is 12.5. The predicted octanol–water partition coefficient (Wildman–Crippen LogP) is 5.68. The van der Waals surface area contributed by atoms with Crippen molar-refractivity contribution in [3.63, 3.8) is 0 Å². The Kier molecular flexibility index (Phi) is 6.20. The Morgan fingerprint density at radius 1 is 1.19 bits per heavy atom. The van der Waals surface area contributed by atoms with E-state index in [2.05, 4.69) is 4.98 Å². The number of hydrogen-bond acceptors (Lipinski definition) is 4. The number of carbonyl (C=O) groups excluding carboxylic acids is 1. The van der Waals surface area contributed by atoms with Crippen molar-refractivity contribution in [1.82, 2.24) is 4.98 Å². The van der Waals surface area contributed by atoms with Crippen molar-refractivity contribution in [2.45, 2.75) is 39.2 Å². The number of amides is 1. The Labute approximate surface area is 159 Å². The number of ether oxygens (including phenoxy) is 2. The third kappa shape index (κ3) is 6.02. The van der Waals surface area contributed by atoms with Gasteiger partial charge in [0.1, 0.15) is 17.2 Å². The van der Waals surface area contributed by atoms with Gasteiger partial charge in [-0.3, -0.25) is 5.32 Å². The summed E-state index contributed by atoms with van der Waals surface area (Å²) in [5, 5.41) is 1.58. The maximum absolute atomic E-state index is 13.3. The summed E-state index contributed by atoms with van der Waals surface area (Å²) in [6.07, 6.45) is -5.30. The Balaban J connectivity index is 2.31. The lowest BCUT2D eigenvalue weighted by atomic mass is 10.2. The summed E-state index contributed by atoms with van der Waals surface area (Å²) in [5.41, 5.74) is -1.99. The first-order valence-electron chi connectivity index (χ1n) is 7.90. The van der Waals surface area contributed by atoms with E-state index >= 15 is 0 Å². The minimum atomic E-state index is -4.78. The van der Waals surface area contributed by atoms with Gasteiger partial charge in [-0.1, -0.05) is 41.9 Å². The quantitative estimate of drug-likeness (QED) is 0.714. The highest BCUT2D eigenvalue weighted by Crippen LogP contribution is 2.41. The number of benzene rings is 1. The molecule has 0 aliphatic carbocycles. The molecular formula is C18H18ClF3N2O3. The van der Waals surface area contributed by atoms with E-state index in [9.17, 15) is 18.0 Å². The molecule has 0 saturated carbocycles. The lowest BCUT2D eigenvalue weighted by Gasteiger charge is -2.21. The first kappa shape index (κ1) is 20.8. The number of nitrogens with zero attached hydrogens (tertiary/aromatic N) is 1. The van der Waals surface area contributed by atoms with Crippen molar-refractivity contribution in [2.75, 3.05) is 5.32 Å². The monoisotopic (exact) mass is 402 g/mol. The molecule has 1 heterocycles. The zero-order valence-electron chi connectivity index (χ0n) is 14.9. The standard InChI is InChI=1S/C18H18ClF3N2O3/c1-17(2,3)27-16(25)24-14-12(18(20,21)22)9-23-15(13(14)19)26-10-11-7-5-4-6-8-11/h4-9H,10H2,1-3H3,(H,23,24,25). The summed E-state index contributed by atoms with van der Waals surface area (Å²) < 4.78 is 50.2. The molecule has 0 bridgehead atoms. The van der Waals surface area contributed by atoms with Crippen LogP contribution in [0, 0.1) is 0 Å². The molecule has 0 fully saturated rings. The van der Waals surface area contributed by atoms with E-state index in [1.165, 1.54) is 0 Å². The molecule has 2 rings (SSSR count). The molecule has 1 amide bonds. The molecular weight excluding hydrogens is 385 g/mol. The average molecular weight is 403 g/mol. The van der Waals surface area contributed by atoms with Gasteiger partial charge in [-0.15, -0.1) is 0 Å². The molecule has 0 unspecified atom stereocenters. The van der Waals surface area contributed by atoms with Crippen LogP contribution in [0.1, 0.15) is 31.9 Å². The van der Waals surface area contributed by atoms with Crippen LogP contribution >= 0.6 is 11.6 Å². The van der Waals surface area contributed by atoms with Gasteiger partial charge in [-0.05, 0) is 26.3 Å². The van der Waals surface area contributed by atoms with E-state index in [4.69, 9.17) is 21.1 Å². The van der Waals surface area contributed by atoms with Gasteiger partial charge < -0.3 is 9.47 Å². The van der Waals surface area contributed by atoms with Crippen LogP contribution in [-0.4, -0.2) is 16.7 Å². The van der Waals surface area contributed by atoms with E-state index in [-0.39, 0.29) is 12.5 Å². The number of aromatic nitrogens is 1. The highest BCUT2D eigenvalue weighted by molar-refractivity contribution is 6.35. The molecule has 0 saturated heterocycles. The highest BCUT2D eigenvalue weighted by atomic mass is 35.5. The summed E-state index contributed by atoms with van der Waals surface area (Å²) in [4.78, 5) is 15.6. The number of pyridine rings is 1. The van der Waals surface area contributed by atoms with Gasteiger partial charge in [0.05, 0.1) is 11.3 Å². The number of rotatable bonds is 4. The van der Waals surface area contributed by atoms with E-state index in [0.29, 0.717) is 6.20 Å². The lowest BCUT2D eigenvalue weighted by molar-refractivity contribution is -0.137. The fourth-order valence-electron chi connectivity index (χ4n) is 2.04. The smallest absolute Gasteiger partial charge is 0.419 e. The minimum absolute atomic E-state index is 0.0464. The third-order valence-corrected chi connectivity index (χ3v) is 3.49. The van der Waals surface area contributed by atoms with Gasteiger partial charge in [0.15, 0.2) is 0 Å². The largest absolute Gasteiger partial charge is 0.472 e. The van der Waals surface area contributed by atoms with Crippen LogP contribution in [0.15, 0.2) is 36.5 Å². The van der Waals surface area contributed by atoms with Crippen molar-refractivity contribution >= 4 is 23.4 Å². The fourth-order valence-corrected chi connectivity index (χ4v) is 2.29. The fraction of sp³-hybridized carbons (Fsp3) is 0.333. The van der Waals surface area contributed by atoms with Gasteiger partial charge in [-0.25, -0.2) is 9.78 Å². The maximum Gasteiger partial charge on any atom is 0.419 e. The van der Waals surface area contributed by atoms with Crippen molar-refractivity contribution in [1.29, 1.82) is 0 Å². The van der Waals surface area contributed by atoms with E-state index < -0.39 is 34.1 Å². The summed E-state index contributed by atoms with van der Waals surface area (Å²) >= 11 is 6.04. The summed E-state index contributed by atoms with van der Waals surface area (Å²) in [6.45, 7) is 4.80. The average Bonchev–Trinajstić information content (AvgIpc) is 2.53. The molecule has 0 spiro atoms. The van der Waals surface area contributed by atoms with Crippen LogP contribution < -0.4 is 10.1 Å². The molecule has 1 aromatic carbocycles. The number of halogens is 4. The second-order valence-electron chi connectivity index (χ2n) is 6.56. The van der Waals surface area contributed by atoms with Crippen LogP contribution in [0.5, 0.6) is 5.88 Å². The van der Waals surface area contributed by atoms with Gasteiger partial charge >= 0.3 is 12.3 Å². The zero-order chi connectivity index (χ0) is 20.2. The van der Waals surface area contributed by atoms with Crippen LogP contribution in [0.3, 0.4) is 0 Å². The van der Waals surface area contributed by atoms with Gasteiger partial charge in [0, 0.05) is 6.20 Å². The molecule has 9 heteroatoms. The predicted molar refractivity (Wildman–Crippen MR) is 94.9 cm³/mol. The minimum Gasteiger partial charge on any atom is -0.472 e. The van der Waals surface area contributed by atoms with Crippen LogP contribution in [-0.2, 0) is 17.5 Å². The summed E-state index contributed by atoms with van der Waals surface area (Å²) in [7, 11) is 0. The van der Waals surface area contributed by atoms with E-state index in [1.807, 2.05) is 11.4 Å². The summed E-state index contributed by atoms with van der Waals surface area (Å²) in [5.74, 6) is -0.237. The number of alkyl halides is 3. The molecule has 27 heavy (non-hydrogen) atoms. The Bertz CT molecular complexity index is 806. The molecule has 0 radical (unpaired) electrons. The molecule has 0 aliphatic heterocycles. The molecule has 5 nitrogen and oxygen atoms in total. The molecule has 1 aromatic heterocycles. The molecule has 146 valence electrons. The van der Waals surface area contributed by atoms with Gasteiger partial charge in [0.2, 0.25) is 5.88 Å². The van der Waals surface area contributed by atoms with Crippen molar-refractivity contribution in [3.8, 4) is 5.88 Å². The molecule has 2 aromatic rings. The normalized spacial score (nSPS) is 11.8. The SMILES string of the molecule is CC(C)(C)OC(=O)Nc1c(C(F)(F)F)cnc(OCc2ccccc2)c1Cl. The van der Waals surface area contributed by atoms with Gasteiger partial charge in [-0.2, -0.15) is 13.2 Å². The van der Waals surface area contributed by atoms with E-state index in [1.54, 1.807) is 45.0 Å². The second kappa shape index (κ2) is 8.04. The molecule has 1 N–H and O–H groups in total. The van der Waals surface area contributed by atoms with Crippen LogP contribution in [0.4, 0.5) is 23.7 Å². The number of anilines is 1. The number of nitrogens with one attached hydrogen (secondary N) is 1.